The fourth-order valence-corrected chi connectivity index (χ4v) is 1.10. The molecule has 0 atom stereocenters. The molecule has 0 aliphatic carbocycles. The Hall–Kier alpha value is -2.49. The van der Waals surface area contributed by atoms with E-state index < -0.39 is 0 Å². The molecule has 0 amide bonds. The van der Waals surface area contributed by atoms with Crippen molar-refractivity contribution < 1.29 is 0 Å². The highest BCUT2D eigenvalue weighted by molar-refractivity contribution is 5.31. The minimum Gasteiger partial charge on any atom is -0.192 e. The van der Waals surface area contributed by atoms with Gasteiger partial charge in [0.2, 0.25) is 0 Å². The van der Waals surface area contributed by atoms with E-state index in [2.05, 4.69) is 32.5 Å². The van der Waals surface area contributed by atoms with E-state index in [1.165, 1.54) is 5.12 Å². The lowest BCUT2D eigenvalue weighted by molar-refractivity contribution is 0.147. The van der Waals surface area contributed by atoms with Crippen LogP contribution < -0.4 is 5.53 Å². The quantitative estimate of drug-likeness (QED) is 0.786. The van der Waals surface area contributed by atoms with Crippen molar-refractivity contribution in [1.29, 1.82) is 5.26 Å². The lowest BCUT2D eigenvalue weighted by atomic mass is 10.1. The van der Waals surface area contributed by atoms with E-state index in [0.717, 1.165) is 5.56 Å². The van der Waals surface area contributed by atoms with Gasteiger partial charge in [-0.3, -0.25) is 0 Å². The lowest BCUT2D eigenvalue weighted by Gasteiger charge is -2.15. The van der Waals surface area contributed by atoms with Gasteiger partial charge in [0.05, 0.1) is 18.2 Å². The fraction of sp³-hybridized carbons (Fsp3) is 0.125. The summed E-state index contributed by atoms with van der Waals surface area (Å²) < 4.78 is 0. The molecule has 0 aromatic heterocycles. The summed E-state index contributed by atoms with van der Waals surface area (Å²) >= 11 is 0. The molecule has 0 spiro atoms. The Morgan fingerprint density at radius 3 is 2.67 bits per heavy atom. The normalized spacial score (nSPS) is 13.4. The second-order valence-electron chi connectivity index (χ2n) is 2.83. The average Bonchev–Trinajstić information content (AvgIpc) is 2.31. The maximum atomic E-state index is 8.62. The smallest absolute Gasteiger partial charge is 0.0991 e. The first-order valence-electron chi connectivity index (χ1n) is 4.21. The van der Waals surface area contributed by atoms with Crippen LogP contribution in [0.5, 0.6) is 0 Å². The van der Waals surface area contributed by atoms with E-state index in [1.807, 2.05) is 12.1 Å². The molecule has 1 aromatic carbocycles. The van der Waals surface area contributed by atoms with Gasteiger partial charge in [0.15, 0.2) is 0 Å². The van der Waals surface area contributed by atoms with Crippen LogP contribution in [0.25, 0.3) is 0 Å². The summed E-state index contributed by atoms with van der Waals surface area (Å²) in [5.74, 6) is 0. The van der Waals surface area contributed by atoms with Gasteiger partial charge in [0, 0.05) is 0 Å². The molecule has 0 radical (unpaired) electrons. The highest BCUT2D eigenvalue weighted by atomic mass is 15.9. The number of hydrazine groups is 1. The summed E-state index contributed by atoms with van der Waals surface area (Å²) in [5, 5.41) is 23.9. The molecule has 1 aromatic rings. The Labute approximate surface area is 85.6 Å². The maximum absolute atomic E-state index is 8.62. The van der Waals surface area contributed by atoms with Crippen LogP contribution in [-0.4, -0.2) is 5.12 Å². The van der Waals surface area contributed by atoms with Crippen LogP contribution in [0.3, 0.4) is 0 Å². The molecule has 1 heterocycles. The van der Waals surface area contributed by atoms with Crippen LogP contribution in [0.1, 0.15) is 11.1 Å². The molecule has 0 unspecified atom stereocenters. The maximum Gasteiger partial charge on any atom is 0.0991 e. The van der Waals surface area contributed by atoms with Gasteiger partial charge in [-0.05, 0) is 38.6 Å². The minimum atomic E-state index is 0.508. The number of benzene rings is 1. The highest BCUT2D eigenvalue weighted by Crippen LogP contribution is 2.07. The fourth-order valence-electron chi connectivity index (χ4n) is 1.10. The molecule has 0 fully saturated rings. The van der Waals surface area contributed by atoms with Crippen LogP contribution in [0, 0.1) is 11.3 Å². The summed E-state index contributed by atoms with van der Waals surface area (Å²) in [6.07, 6.45) is 0. The van der Waals surface area contributed by atoms with E-state index in [9.17, 15) is 0 Å². The summed E-state index contributed by atoms with van der Waals surface area (Å²) in [6, 6.07) is 9.25. The lowest BCUT2D eigenvalue weighted by Crippen LogP contribution is -2.29. The second kappa shape index (κ2) is 4.15. The Morgan fingerprint density at radius 2 is 2.07 bits per heavy atom. The summed E-state index contributed by atoms with van der Waals surface area (Å²) in [5.41, 5.74) is 4.19. The third kappa shape index (κ3) is 2.25. The molecule has 1 aliphatic heterocycles. The number of nitriles is 1. The van der Waals surface area contributed by atoms with E-state index in [-0.39, 0.29) is 0 Å². The van der Waals surface area contributed by atoms with Crippen LogP contribution >= 0.6 is 0 Å². The molecule has 74 valence electrons. The summed E-state index contributed by atoms with van der Waals surface area (Å²) in [7, 11) is 0. The van der Waals surface area contributed by atoms with Crippen molar-refractivity contribution >= 4 is 0 Å². The number of hydrogen-bond acceptors (Lipinski definition) is 7. The second-order valence-corrected chi connectivity index (χ2v) is 2.83. The van der Waals surface area contributed by atoms with Gasteiger partial charge >= 0.3 is 0 Å². The average molecular weight is 201 g/mol. The van der Waals surface area contributed by atoms with E-state index >= 15 is 0 Å². The van der Waals surface area contributed by atoms with Crippen LogP contribution in [0.15, 0.2) is 45.2 Å². The van der Waals surface area contributed by atoms with Crippen molar-refractivity contribution in [1.82, 2.24) is 10.7 Å². The summed E-state index contributed by atoms with van der Waals surface area (Å²) in [4.78, 5) is 0. The first-order chi connectivity index (χ1) is 7.38. The van der Waals surface area contributed by atoms with Gasteiger partial charge < -0.3 is 0 Å². The molecule has 1 aliphatic rings. The zero-order valence-electron chi connectivity index (χ0n) is 7.70. The van der Waals surface area contributed by atoms with Crippen LogP contribution in [0.2, 0.25) is 0 Å². The van der Waals surface area contributed by atoms with Gasteiger partial charge in [0.1, 0.15) is 0 Å². The molecular weight excluding hydrogens is 194 g/mol. The molecule has 15 heavy (non-hydrogen) atoms. The first kappa shape index (κ1) is 9.08. The topological polar surface area (TPSA) is 88.5 Å². The van der Waals surface area contributed by atoms with Crippen molar-refractivity contribution in [2.75, 3.05) is 0 Å². The van der Waals surface area contributed by atoms with E-state index in [0.29, 0.717) is 12.1 Å². The Balaban J connectivity index is 2.02. The molecule has 1 N–H and O–H groups in total. The molecule has 7 heteroatoms. The Kier molecular flexibility index (Phi) is 2.51. The molecule has 0 bridgehead atoms. The van der Waals surface area contributed by atoms with Crippen molar-refractivity contribution in [3.63, 3.8) is 0 Å². The zero-order valence-corrected chi connectivity index (χ0v) is 7.70. The van der Waals surface area contributed by atoms with Crippen molar-refractivity contribution in [2.45, 2.75) is 6.54 Å². The Bertz CT molecular complexity index is 427. The molecule has 2 rings (SSSR count). The van der Waals surface area contributed by atoms with Crippen LogP contribution in [-0.2, 0) is 6.54 Å². The molecule has 7 nitrogen and oxygen atoms in total. The molecule has 0 saturated heterocycles. The van der Waals surface area contributed by atoms with E-state index in [4.69, 9.17) is 5.26 Å². The predicted octanol–water partition coefficient (Wildman–Crippen LogP) is 1.53. The van der Waals surface area contributed by atoms with Crippen molar-refractivity contribution in [2.24, 2.45) is 20.9 Å². The first-order valence-corrected chi connectivity index (χ1v) is 4.21. The largest absolute Gasteiger partial charge is 0.192 e. The zero-order chi connectivity index (χ0) is 10.5. The third-order valence-corrected chi connectivity index (χ3v) is 1.81. The van der Waals surface area contributed by atoms with Crippen LogP contribution in [0.4, 0.5) is 0 Å². The van der Waals surface area contributed by atoms with Gasteiger partial charge in [-0.25, -0.2) is 0 Å². The third-order valence-electron chi connectivity index (χ3n) is 1.81. The van der Waals surface area contributed by atoms with Gasteiger partial charge in [-0.1, -0.05) is 12.1 Å². The Morgan fingerprint density at radius 1 is 1.27 bits per heavy atom. The number of hydrogen-bond donors (Lipinski definition) is 1. The summed E-state index contributed by atoms with van der Waals surface area (Å²) in [6.45, 7) is 0.508. The predicted molar refractivity (Wildman–Crippen MR) is 49.5 cm³/mol. The van der Waals surface area contributed by atoms with Crippen molar-refractivity contribution in [3.05, 3.63) is 35.4 Å². The minimum absolute atomic E-state index is 0.508. The SMILES string of the molecule is N#Cc1ccc(CN2N=NN=NN2)cc1. The van der Waals surface area contributed by atoms with Gasteiger partial charge in [-0.2, -0.15) is 15.9 Å². The molecule has 0 saturated carbocycles. The standard InChI is InChI=1S/C8H7N7/c9-5-7-1-3-8(4-2-7)6-15-13-11-10-12-14-15/h1-4H,6H2,(H,10,13,14). The number of rotatable bonds is 2. The van der Waals surface area contributed by atoms with E-state index in [1.54, 1.807) is 12.1 Å². The van der Waals surface area contributed by atoms with Gasteiger partial charge in [-0.15, -0.1) is 0 Å². The molecular formula is C8H7N7. The van der Waals surface area contributed by atoms with Gasteiger partial charge in [0.25, 0.3) is 0 Å². The number of nitrogens with one attached hydrogen (secondary N) is 1. The highest BCUT2D eigenvalue weighted by Gasteiger charge is 2.04. The van der Waals surface area contributed by atoms with Crippen molar-refractivity contribution in [3.8, 4) is 6.07 Å². The number of nitrogens with zero attached hydrogens (tertiary/aromatic N) is 6. The monoisotopic (exact) mass is 201 g/mol.